The number of carbonyl (C=O) groups excluding carboxylic acids is 2. The lowest BCUT2D eigenvalue weighted by Gasteiger charge is -2.33. The van der Waals surface area contributed by atoms with Crippen LogP contribution in [0.3, 0.4) is 0 Å². The average molecular weight is 349 g/mol. The number of likely N-dealkylation sites (tertiary alicyclic amines) is 1. The quantitative estimate of drug-likeness (QED) is 0.329. The van der Waals surface area contributed by atoms with E-state index in [9.17, 15) is 14.4 Å². The minimum absolute atomic E-state index is 0.0138. The van der Waals surface area contributed by atoms with Crippen molar-refractivity contribution >= 4 is 17.7 Å². The number of hydrogen-bond donors (Lipinski definition) is 1. The number of nitrogens with zero attached hydrogens (tertiary/aromatic N) is 1. The molecule has 1 aliphatic heterocycles. The maximum atomic E-state index is 12.2. The Labute approximate surface area is 150 Å². The van der Waals surface area contributed by atoms with E-state index in [1.54, 1.807) is 6.08 Å². The first-order valence-electron chi connectivity index (χ1n) is 9.42. The second-order valence-corrected chi connectivity index (χ2v) is 6.55. The number of rotatable bonds is 12. The van der Waals surface area contributed by atoms with Crippen LogP contribution < -0.4 is 0 Å². The third kappa shape index (κ3) is 9.22. The third-order valence-corrected chi connectivity index (χ3v) is 4.37. The molecule has 1 rings (SSSR count). The number of carbonyl (C=O) groups is 3. The molecule has 1 fully saturated rings. The lowest BCUT2D eigenvalue weighted by atomic mass is 10.00. The lowest BCUT2D eigenvalue weighted by Crippen LogP contribution is -2.42. The predicted molar refractivity (Wildman–Crippen MR) is 98.3 cm³/mol. The molecule has 5 heteroatoms. The zero-order valence-corrected chi connectivity index (χ0v) is 15.3. The van der Waals surface area contributed by atoms with Crippen LogP contribution in [-0.4, -0.2) is 40.3 Å². The van der Waals surface area contributed by atoms with Gasteiger partial charge in [0, 0.05) is 25.8 Å². The number of allylic oxidation sites excluding steroid dienone is 2. The molecule has 0 bridgehead atoms. The van der Waals surface area contributed by atoms with Gasteiger partial charge in [0.05, 0.1) is 6.04 Å². The number of unbranched alkanes of at least 4 members (excludes halogenated alkanes) is 3. The van der Waals surface area contributed by atoms with Gasteiger partial charge in [-0.15, -0.1) is 0 Å². The Bertz CT molecular complexity index is 496. The molecule has 0 radical (unpaired) electrons. The SMILES string of the molecule is CCCCCC(=O)C=C[C@H]1CCCC(=O)N1CC=CCCCC(=O)O. The van der Waals surface area contributed by atoms with Crippen molar-refractivity contribution in [2.75, 3.05) is 6.54 Å². The van der Waals surface area contributed by atoms with Crippen molar-refractivity contribution in [3.05, 3.63) is 24.3 Å². The Morgan fingerprint density at radius 3 is 2.72 bits per heavy atom. The summed E-state index contributed by atoms with van der Waals surface area (Å²) in [6, 6.07) is -0.0138. The highest BCUT2D eigenvalue weighted by molar-refractivity contribution is 5.89. The zero-order chi connectivity index (χ0) is 18.5. The summed E-state index contributed by atoms with van der Waals surface area (Å²) in [6.07, 6.45) is 14.8. The minimum Gasteiger partial charge on any atom is -0.481 e. The highest BCUT2D eigenvalue weighted by Gasteiger charge is 2.25. The van der Waals surface area contributed by atoms with Crippen molar-refractivity contribution in [1.29, 1.82) is 0 Å². The van der Waals surface area contributed by atoms with Crippen LogP contribution in [-0.2, 0) is 14.4 Å². The molecule has 5 nitrogen and oxygen atoms in total. The standard InChI is InChI=1S/C20H31NO4/c1-2-3-6-11-18(22)15-14-17-10-9-12-19(23)21(17)16-8-5-4-7-13-20(24)25/h5,8,14-15,17H,2-4,6-7,9-13,16H2,1H3,(H,24,25)/t17-/m1/s1. The van der Waals surface area contributed by atoms with Crippen LogP contribution in [0.25, 0.3) is 0 Å². The highest BCUT2D eigenvalue weighted by atomic mass is 16.4. The maximum Gasteiger partial charge on any atom is 0.303 e. The van der Waals surface area contributed by atoms with Crippen LogP contribution in [0.15, 0.2) is 24.3 Å². The number of aliphatic carboxylic acids is 1. The molecule has 0 aliphatic carbocycles. The normalized spacial score (nSPS) is 18.4. The van der Waals surface area contributed by atoms with E-state index in [0.717, 1.165) is 32.1 Å². The van der Waals surface area contributed by atoms with Crippen LogP contribution in [0.5, 0.6) is 0 Å². The number of carboxylic acids is 1. The van der Waals surface area contributed by atoms with E-state index < -0.39 is 5.97 Å². The van der Waals surface area contributed by atoms with E-state index in [1.165, 1.54) is 0 Å². The molecular formula is C20H31NO4. The lowest BCUT2D eigenvalue weighted by molar-refractivity contribution is -0.137. The van der Waals surface area contributed by atoms with Gasteiger partial charge in [0.2, 0.25) is 5.91 Å². The Kier molecular flexibility index (Phi) is 10.5. The molecule has 1 heterocycles. The van der Waals surface area contributed by atoms with E-state index >= 15 is 0 Å². The Hall–Kier alpha value is -1.91. The molecule has 0 aromatic heterocycles. The fraction of sp³-hybridized carbons (Fsp3) is 0.650. The van der Waals surface area contributed by atoms with Gasteiger partial charge in [0.15, 0.2) is 5.78 Å². The zero-order valence-electron chi connectivity index (χ0n) is 15.3. The molecule has 0 spiro atoms. The number of ketones is 1. The van der Waals surface area contributed by atoms with Gasteiger partial charge in [0.1, 0.15) is 0 Å². The predicted octanol–water partition coefficient (Wildman–Crippen LogP) is 3.88. The van der Waals surface area contributed by atoms with Crippen molar-refractivity contribution in [1.82, 2.24) is 4.90 Å². The third-order valence-electron chi connectivity index (χ3n) is 4.37. The largest absolute Gasteiger partial charge is 0.481 e. The fourth-order valence-electron chi connectivity index (χ4n) is 2.91. The van der Waals surface area contributed by atoms with Crippen LogP contribution in [0.2, 0.25) is 0 Å². The van der Waals surface area contributed by atoms with Crippen LogP contribution in [0, 0.1) is 0 Å². The summed E-state index contributed by atoms with van der Waals surface area (Å²) in [5, 5.41) is 8.60. The first-order chi connectivity index (χ1) is 12.0. The summed E-state index contributed by atoms with van der Waals surface area (Å²) < 4.78 is 0. The highest BCUT2D eigenvalue weighted by Crippen LogP contribution is 2.19. The van der Waals surface area contributed by atoms with Gasteiger partial charge >= 0.3 is 5.97 Å². The van der Waals surface area contributed by atoms with Gasteiger partial charge in [-0.3, -0.25) is 14.4 Å². The second-order valence-electron chi connectivity index (χ2n) is 6.55. The minimum atomic E-state index is -0.784. The average Bonchev–Trinajstić information content (AvgIpc) is 2.57. The van der Waals surface area contributed by atoms with Gasteiger partial charge < -0.3 is 10.0 Å². The fourth-order valence-corrected chi connectivity index (χ4v) is 2.91. The van der Waals surface area contributed by atoms with Crippen molar-refractivity contribution in [2.24, 2.45) is 0 Å². The summed E-state index contributed by atoms with van der Waals surface area (Å²) in [7, 11) is 0. The Morgan fingerprint density at radius 1 is 1.20 bits per heavy atom. The van der Waals surface area contributed by atoms with Crippen molar-refractivity contribution in [3.8, 4) is 0 Å². The van der Waals surface area contributed by atoms with Gasteiger partial charge in [0.25, 0.3) is 0 Å². The number of hydrogen-bond acceptors (Lipinski definition) is 3. The molecule has 0 saturated carbocycles. The van der Waals surface area contributed by atoms with E-state index in [2.05, 4.69) is 6.92 Å². The molecule has 0 unspecified atom stereocenters. The second kappa shape index (κ2) is 12.5. The molecule has 25 heavy (non-hydrogen) atoms. The molecule has 1 N–H and O–H groups in total. The van der Waals surface area contributed by atoms with Crippen molar-refractivity contribution < 1.29 is 19.5 Å². The number of carboxylic acid groups (broad SMARTS) is 1. The number of amides is 1. The summed E-state index contributed by atoms with van der Waals surface area (Å²) in [4.78, 5) is 36.3. The molecule has 0 aromatic rings. The smallest absolute Gasteiger partial charge is 0.303 e. The van der Waals surface area contributed by atoms with Gasteiger partial charge in [-0.2, -0.15) is 0 Å². The van der Waals surface area contributed by atoms with Crippen LogP contribution >= 0.6 is 0 Å². The van der Waals surface area contributed by atoms with Crippen LogP contribution in [0.1, 0.15) is 71.1 Å². The molecule has 1 aliphatic rings. The van der Waals surface area contributed by atoms with E-state index in [1.807, 2.05) is 23.1 Å². The molecule has 140 valence electrons. The van der Waals surface area contributed by atoms with Gasteiger partial charge in [-0.1, -0.05) is 38.0 Å². The summed E-state index contributed by atoms with van der Waals surface area (Å²) in [5.41, 5.74) is 0. The van der Waals surface area contributed by atoms with Crippen molar-refractivity contribution in [2.45, 2.75) is 77.2 Å². The molecule has 1 amide bonds. The molecule has 1 saturated heterocycles. The van der Waals surface area contributed by atoms with E-state index in [0.29, 0.717) is 32.2 Å². The van der Waals surface area contributed by atoms with Crippen molar-refractivity contribution in [3.63, 3.8) is 0 Å². The Balaban J connectivity index is 2.47. The molecule has 1 atom stereocenters. The number of piperidine rings is 1. The molecular weight excluding hydrogens is 318 g/mol. The Morgan fingerprint density at radius 2 is 2.00 bits per heavy atom. The van der Waals surface area contributed by atoms with Gasteiger partial charge in [-0.25, -0.2) is 0 Å². The summed E-state index contributed by atoms with van der Waals surface area (Å²) in [6.45, 7) is 2.63. The summed E-state index contributed by atoms with van der Waals surface area (Å²) >= 11 is 0. The first kappa shape index (κ1) is 21.1. The van der Waals surface area contributed by atoms with Crippen LogP contribution in [0.4, 0.5) is 0 Å². The van der Waals surface area contributed by atoms with Gasteiger partial charge in [-0.05, 0) is 38.2 Å². The van der Waals surface area contributed by atoms with E-state index in [4.69, 9.17) is 5.11 Å². The topological polar surface area (TPSA) is 74.7 Å². The van der Waals surface area contributed by atoms with E-state index in [-0.39, 0.29) is 24.2 Å². The molecule has 0 aromatic carbocycles. The first-order valence-corrected chi connectivity index (χ1v) is 9.42. The maximum absolute atomic E-state index is 12.2. The summed E-state index contributed by atoms with van der Waals surface area (Å²) in [5.74, 6) is -0.529. The monoisotopic (exact) mass is 349 g/mol.